The van der Waals surface area contributed by atoms with E-state index in [1.54, 1.807) is 11.6 Å². The van der Waals surface area contributed by atoms with Gasteiger partial charge < -0.3 is 10.1 Å². The first kappa shape index (κ1) is 18.9. The molecule has 0 aliphatic rings. The molecule has 4 rings (SSSR count). The fourth-order valence-corrected chi connectivity index (χ4v) is 3.21. The van der Waals surface area contributed by atoms with Crippen LogP contribution in [0.5, 0.6) is 5.75 Å². The van der Waals surface area contributed by atoms with E-state index < -0.39 is 0 Å². The van der Waals surface area contributed by atoms with E-state index in [-0.39, 0.29) is 11.9 Å². The van der Waals surface area contributed by atoms with Gasteiger partial charge in [0.15, 0.2) is 5.65 Å². The van der Waals surface area contributed by atoms with E-state index in [1.807, 2.05) is 61.0 Å². The second-order valence-corrected chi connectivity index (χ2v) is 7.07. The van der Waals surface area contributed by atoms with Crippen LogP contribution in [0.3, 0.4) is 0 Å². The molecule has 0 saturated carbocycles. The molecule has 1 amide bonds. The molecule has 0 saturated heterocycles. The highest BCUT2D eigenvalue weighted by Gasteiger charge is 2.14. The highest BCUT2D eigenvalue weighted by molar-refractivity contribution is 5.77. The molecule has 3 aromatic heterocycles. The lowest BCUT2D eigenvalue weighted by molar-refractivity contribution is -0.121. The summed E-state index contributed by atoms with van der Waals surface area (Å²) in [5, 5.41) is 16.3. The Morgan fingerprint density at radius 2 is 2.00 bits per heavy atom. The number of methoxy groups -OCH3 is 1. The Morgan fingerprint density at radius 1 is 1.21 bits per heavy atom. The number of hydrogen-bond donors (Lipinski definition) is 1. The van der Waals surface area contributed by atoms with E-state index in [4.69, 9.17) is 4.74 Å². The third-order valence-electron chi connectivity index (χ3n) is 5.07. The van der Waals surface area contributed by atoms with Crippen LogP contribution in [0.4, 0.5) is 0 Å². The van der Waals surface area contributed by atoms with Crippen LogP contribution in [0.15, 0.2) is 42.7 Å². The van der Waals surface area contributed by atoms with Gasteiger partial charge in [-0.15, -0.1) is 10.2 Å². The number of rotatable bonds is 7. The predicted octanol–water partition coefficient (Wildman–Crippen LogP) is 2.90. The Balaban J connectivity index is 1.59. The minimum atomic E-state index is 0.0309. The summed E-state index contributed by atoms with van der Waals surface area (Å²) in [6.45, 7) is 4.05. The minimum Gasteiger partial charge on any atom is -0.497 e. The third-order valence-corrected chi connectivity index (χ3v) is 5.07. The van der Waals surface area contributed by atoms with Gasteiger partial charge in [0.05, 0.1) is 12.8 Å². The highest BCUT2D eigenvalue weighted by Crippen LogP contribution is 2.24. The van der Waals surface area contributed by atoms with Gasteiger partial charge in [-0.25, -0.2) is 4.52 Å². The molecule has 0 spiro atoms. The van der Waals surface area contributed by atoms with Crippen molar-refractivity contribution < 1.29 is 9.53 Å². The van der Waals surface area contributed by atoms with Gasteiger partial charge >= 0.3 is 0 Å². The number of benzene rings is 1. The van der Waals surface area contributed by atoms with Crippen molar-refractivity contribution in [2.24, 2.45) is 0 Å². The zero-order valence-corrected chi connectivity index (χ0v) is 16.8. The van der Waals surface area contributed by atoms with Crippen LogP contribution >= 0.6 is 0 Å². The van der Waals surface area contributed by atoms with Crippen molar-refractivity contribution in [2.75, 3.05) is 7.11 Å². The normalized spacial score (nSPS) is 12.4. The molecule has 3 heterocycles. The molecular weight excluding hydrogens is 368 g/mol. The molecule has 0 aliphatic heterocycles. The van der Waals surface area contributed by atoms with Crippen LogP contribution in [0, 0.1) is 0 Å². The topological polar surface area (TPSA) is 85.8 Å². The molecule has 0 fully saturated rings. The van der Waals surface area contributed by atoms with E-state index in [0.717, 1.165) is 40.4 Å². The number of aryl methyl sites for hydroxylation is 1. The Hall–Kier alpha value is -3.42. The maximum absolute atomic E-state index is 12.1. The lowest BCUT2D eigenvalue weighted by Crippen LogP contribution is -2.32. The number of aromatic nitrogens is 5. The van der Waals surface area contributed by atoms with Crippen LogP contribution in [-0.2, 0) is 11.2 Å². The van der Waals surface area contributed by atoms with Crippen molar-refractivity contribution in [3.05, 3.63) is 48.5 Å². The van der Waals surface area contributed by atoms with Gasteiger partial charge in [0.25, 0.3) is 0 Å². The van der Waals surface area contributed by atoms with Gasteiger partial charge in [0.1, 0.15) is 17.1 Å². The smallest absolute Gasteiger partial charge is 0.220 e. The standard InChI is InChI=1S/C21H24N6O2/c1-4-14(2)22-20(28)10-9-19-23-24-21-18-13-17(25-27(18)12-11-26(19)21)15-5-7-16(29-3)8-6-15/h5-8,11-14H,4,9-10H2,1-3H3,(H,22,28). The summed E-state index contributed by atoms with van der Waals surface area (Å²) in [5.74, 6) is 1.59. The summed E-state index contributed by atoms with van der Waals surface area (Å²) >= 11 is 0. The van der Waals surface area contributed by atoms with Gasteiger partial charge in [-0.05, 0) is 43.7 Å². The van der Waals surface area contributed by atoms with Gasteiger partial charge in [0, 0.05) is 36.8 Å². The molecule has 8 heteroatoms. The Morgan fingerprint density at radius 3 is 2.72 bits per heavy atom. The summed E-state index contributed by atoms with van der Waals surface area (Å²) in [4.78, 5) is 12.1. The van der Waals surface area contributed by atoms with E-state index in [1.165, 1.54) is 0 Å². The fraction of sp³-hybridized carbons (Fsp3) is 0.333. The van der Waals surface area contributed by atoms with Crippen LogP contribution in [0.25, 0.3) is 22.4 Å². The Labute approximate surface area is 168 Å². The molecule has 4 aromatic rings. The number of nitrogens with zero attached hydrogens (tertiary/aromatic N) is 5. The van der Waals surface area contributed by atoms with Crippen molar-refractivity contribution in [1.82, 2.24) is 29.5 Å². The molecule has 1 N–H and O–H groups in total. The van der Waals surface area contributed by atoms with Gasteiger partial charge in [-0.2, -0.15) is 5.10 Å². The Bertz CT molecular complexity index is 1150. The van der Waals surface area contributed by atoms with Crippen LogP contribution in [0.2, 0.25) is 0 Å². The van der Waals surface area contributed by atoms with Crippen molar-refractivity contribution in [1.29, 1.82) is 0 Å². The fourth-order valence-electron chi connectivity index (χ4n) is 3.21. The summed E-state index contributed by atoms with van der Waals surface area (Å²) < 4.78 is 8.93. The van der Waals surface area contributed by atoms with Crippen molar-refractivity contribution in [3.63, 3.8) is 0 Å². The van der Waals surface area contributed by atoms with Gasteiger partial charge in [-0.1, -0.05) is 6.92 Å². The zero-order chi connectivity index (χ0) is 20.4. The molecule has 1 aromatic carbocycles. The molecule has 150 valence electrons. The van der Waals surface area contributed by atoms with E-state index in [9.17, 15) is 4.79 Å². The number of amides is 1. The summed E-state index contributed by atoms with van der Waals surface area (Å²) in [5.41, 5.74) is 3.42. The molecule has 1 unspecified atom stereocenters. The minimum absolute atomic E-state index is 0.0309. The largest absolute Gasteiger partial charge is 0.497 e. The molecule has 0 bridgehead atoms. The number of carbonyl (C=O) groups excluding carboxylic acids is 1. The Kier molecular flexibility index (Phi) is 5.16. The molecular formula is C21H24N6O2. The third kappa shape index (κ3) is 3.78. The van der Waals surface area contributed by atoms with Crippen LogP contribution in [0.1, 0.15) is 32.5 Å². The second-order valence-electron chi connectivity index (χ2n) is 7.07. The molecule has 29 heavy (non-hydrogen) atoms. The first-order chi connectivity index (χ1) is 14.1. The van der Waals surface area contributed by atoms with Gasteiger partial charge in [-0.3, -0.25) is 9.20 Å². The van der Waals surface area contributed by atoms with Crippen molar-refractivity contribution in [2.45, 2.75) is 39.2 Å². The lowest BCUT2D eigenvalue weighted by atomic mass is 10.1. The SMILES string of the molecule is CCC(C)NC(=O)CCc1nnc2c3cc(-c4ccc(OC)cc4)nn3ccn12. The van der Waals surface area contributed by atoms with Crippen LogP contribution in [-0.4, -0.2) is 43.3 Å². The average molecular weight is 392 g/mol. The molecule has 0 aliphatic carbocycles. The quantitative estimate of drug-likeness (QED) is 0.523. The predicted molar refractivity (Wildman–Crippen MR) is 110 cm³/mol. The summed E-state index contributed by atoms with van der Waals surface area (Å²) in [6, 6.07) is 9.95. The first-order valence-corrected chi connectivity index (χ1v) is 9.75. The van der Waals surface area contributed by atoms with Crippen LogP contribution < -0.4 is 10.1 Å². The lowest BCUT2D eigenvalue weighted by Gasteiger charge is -2.10. The summed E-state index contributed by atoms with van der Waals surface area (Å²) in [7, 11) is 1.65. The second kappa shape index (κ2) is 7.90. The van der Waals surface area contributed by atoms with Crippen molar-refractivity contribution in [3.8, 4) is 17.0 Å². The summed E-state index contributed by atoms with van der Waals surface area (Å²) in [6.07, 6.45) is 5.58. The average Bonchev–Trinajstić information content (AvgIpc) is 3.36. The zero-order valence-electron chi connectivity index (χ0n) is 16.8. The first-order valence-electron chi connectivity index (χ1n) is 9.75. The molecule has 8 nitrogen and oxygen atoms in total. The number of nitrogens with one attached hydrogen (secondary N) is 1. The van der Waals surface area contributed by atoms with E-state index in [0.29, 0.717) is 12.8 Å². The number of ether oxygens (including phenoxy) is 1. The number of hydrogen-bond acceptors (Lipinski definition) is 5. The number of carbonyl (C=O) groups is 1. The van der Waals surface area contributed by atoms with Crippen molar-refractivity contribution >= 4 is 17.1 Å². The maximum atomic E-state index is 12.1. The highest BCUT2D eigenvalue weighted by atomic mass is 16.5. The maximum Gasteiger partial charge on any atom is 0.220 e. The van der Waals surface area contributed by atoms with Gasteiger partial charge in [0.2, 0.25) is 5.91 Å². The van der Waals surface area contributed by atoms with E-state index in [2.05, 4.69) is 20.6 Å². The number of fused-ring (bicyclic) bond motifs is 3. The van der Waals surface area contributed by atoms with E-state index >= 15 is 0 Å². The monoisotopic (exact) mass is 392 g/mol. The molecule has 1 atom stereocenters. The molecule has 0 radical (unpaired) electrons.